The Morgan fingerprint density at radius 1 is 0.963 bits per heavy atom. The molecule has 0 fully saturated rings. The minimum atomic E-state index is -0.604. The fourth-order valence-electron chi connectivity index (χ4n) is 2.20. The summed E-state index contributed by atoms with van der Waals surface area (Å²) in [6.45, 7) is -0.122. The van der Waals surface area contributed by atoms with Gasteiger partial charge in [-0.3, -0.25) is 0 Å². The molecule has 0 amide bonds. The lowest BCUT2D eigenvalue weighted by Gasteiger charge is -2.12. The predicted octanol–water partition coefficient (Wildman–Crippen LogP) is 2.85. The van der Waals surface area contributed by atoms with Crippen LogP contribution in [0.3, 0.4) is 0 Å². The summed E-state index contributed by atoms with van der Waals surface area (Å²) in [6, 6.07) is 6.30. The number of methoxy groups -OCH3 is 4. The molecule has 1 aromatic heterocycles. The Balaban J connectivity index is 2.03. The van der Waals surface area contributed by atoms with Crippen molar-refractivity contribution in [1.82, 2.24) is 0 Å². The van der Waals surface area contributed by atoms with Crippen LogP contribution in [0, 0.1) is 0 Å². The number of carbonyl (C=O) groups excluding carboxylic acids is 2. The number of benzene rings is 1. The molecule has 0 saturated heterocycles. The number of esters is 2. The molecule has 0 bridgehead atoms. The molecule has 0 aliphatic carbocycles. The molecule has 0 atom stereocenters. The van der Waals surface area contributed by atoms with Crippen LogP contribution in [0.5, 0.6) is 17.2 Å². The van der Waals surface area contributed by atoms with Crippen LogP contribution < -0.4 is 14.2 Å². The molecule has 0 spiro atoms. The van der Waals surface area contributed by atoms with E-state index in [4.69, 9.17) is 23.4 Å². The number of rotatable bonds is 8. The van der Waals surface area contributed by atoms with E-state index in [1.807, 2.05) is 0 Å². The molecule has 0 aliphatic heterocycles. The van der Waals surface area contributed by atoms with E-state index < -0.39 is 11.9 Å². The molecule has 8 nitrogen and oxygen atoms in total. The van der Waals surface area contributed by atoms with E-state index in [-0.39, 0.29) is 12.4 Å². The Labute approximate surface area is 156 Å². The Morgan fingerprint density at radius 3 is 2.26 bits per heavy atom. The van der Waals surface area contributed by atoms with E-state index in [9.17, 15) is 9.59 Å². The molecule has 1 heterocycles. The molecule has 0 saturated carbocycles. The van der Waals surface area contributed by atoms with E-state index in [1.165, 1.54) is 52.7 Å². The van der Waals surface area contributed by atoms with Gasteiger partial charge >= 0.3 is 11.9 Å². The zero-order valence-electron chi connectivity index (χ0n) is 15.4. The maximum absolute atomic E-state index is 11.9. The topological polar surface area (TPSA) is 93.4 Å². The van der Waals surface area contributed by atoms with Crippen molar-refractivity contribution in [3.63, 3.8) is 0 Å². The maximum atomic E-state index is 11.9. The second kappa shape index (κ2) is 9.33. The number of carbonyl (C=O) groups is 2. The summed E-state index contributed by atoms with van der Waals surface area (Å²) >= 11 is 0. The van der Waals surface area contributed by atoms with Crippen molar-refractivity contribution in [2.24, 2.45) is 0 Å². The number of hydrogen-bond acceptors (Lipinski definition) is 8. The first-order chi connectivity index (χ1) is 13.0. The first kappa shape index (κ1) is 19.9. The number of ether oxygens (including phenoxy) is 5. The van der Waals surface area contributed by atoms with Gasteiger partial charge in [-0.2, -0.15) is 0 Å². The third kappa shape index (κ3) is 5.04. The van der Waals surface area contributed by atoms with Gasteiger partial charge in [-0.1, -0.05) is 0 Å². The quantitative estimate of drug-likeness (QED) is 0.513. The zero-order valence-corrected chi connectivity index (χ0v) is 15.4. The molecule has 1 aromatic carbocycles. The summed E-state index contributed by atoms with van der Waals surface area (Å²) in [6.07, 6.45) is 2.78. The van der Waals surface area contributed by atoms with Crippen molar-refractivity contribution in [3.05, 3.63) is 47.4 Å². The largest absolute Gasteiger partial charge is 0.496 e. The van der Waals surface area contributed by atoms with Gasteiger partial charge in [0, 0.05) is 17.7 Å². The third-order valence-corrected chi connectivity index (χ3v) is 3.54. The van der Waals surface area contributed by atoms with Crippen molar-refractivity contribution < 1.29 is 37.7 Å². The van der Waals surface area contributed by atoms with E-state index in [1.54, 1.807) is 12.1 Å². The van der Waals surface area contributed by atoms with Crippen LogP contribution in [-0.2, 0) is 20.9 Å². The highest BCUT2D eigenvalue weighted by Gasteiger charge is 2.13. The third-order valence-electron chi connectivity index (χ3n) is 3.54. The average molecular weight is 376 g/mol. The number of furan rings is 1. The fraction of sp³-hybridized carbons (Fsp3) is 0.263. The van der Waals surface area contributed by atoms with Gasteiger partial charge in [0.25, 0.3) is 0 Å². The van der Waals surface area contributed by atoms with Crippen molar-refractivity contribution in [2.75, 3.05) is 28.4 Å². The van der Waals surface area contributed by atoms with Crippen LogP contribution in [0.2, 0.25) is 0 Å². The summed E-state index contributed by atoms with van der Waals surface area (Å²) in [5.41, 5.74) is 0.609. The lowest BCUT2D eigenvalue weighted by Crippen LogP contribution is -2.01. The molecule has 0 aliphatic rings. The van der Waals surface area contributed by atoms with Crippen molar-refractivity contribution in [2.45, 2.75) is 6.61 Å². The van der Waals surface area contributed by atoms with E-state index in [0.29, 0.717) is 28.6 Å². The lowest BCUT2D eigenvalue weighted by molar-refractivity contribution is -0.139. The van der Waals surface area contributed by atoms with Gasteiger partial charge in [0.1, 0.15) is 18.1 Å². The standard InChI is InChI=1S/C19H20O8/c1-22-15-10-17(24-3)16(23-2)9-12(15)5-8-18(20)26-11-13-6-7-14(27-13)19(21)25-4/h5-10H,11H2,1-4H3/b8-5+. The molecule has 0 N–H and O–H groups in total. The lowest BCUT2D eigenvalue weighted by atomic mass is 10.1. The fourth-order valence-corrected chi connectivity index (χ4v) is 2.20. The van der Waals surface area contributed by atoms with Gasteiger partial charge in [0.2, 0.25) is 5.76 Å². The predicted molar refractivity (Wildman–Crippen MR) is 95.0 cm³/mol. The summed E-state index contributed by atoms with van der Waals surface area (Å²) in [4.78, 5) is 23.2. The molecule has 0 radical (unpaired) electrons. The van der Waals surface area contributed by atoms with E-state index in [2.05, 4.69) is 4.74 Å². The van der Waals surface area contributed by atoms with Crippen LogP contribution >= 0.6 is 0 Å². The van der Waals surface area contributed by atoms with Crippen LogP contribution in [0.15, 0.2) is 34.8 Å². The van der Waals surface area contributed by atoms with E-state index >= 15 is 0 Å². The van der Waals surface area contributed by atoms with Crippen molar-refractivity contribution in [1.29, 1.82) is 0 Å². The zero-order chi connectivity index (χ0) is 19.8. The van der Waals surface area contributed by atoms with E-state index in [0.717, 1.165) is 0 Å². The molecular weight excluding hydrogens is 356 g/mol. The summed E-state index contributed by atoms with van der Waals surface area (Å²) in [7, 11) is 5.78. The summed E-state index contributed by atoms with van der Waals surface area (Å²) < 4.78 is 30.6. The van der Waals surface area contributed by atoms with Gasteiger partial charge in [0.05, 0.1) is 28.4 Å². The van der Waals surface area contributed by atoms with Gasteiger partial charge in [-0.05, 0) is 24.3 Å². The van der Waals surface area contributed by atoms with Gasteiger partial charge in [-0.25, -0.2) is 9.59 Å². The first-order valence-electron chi connectivity index (χ1n) is 7.84. The minimum absolute atomic E-state index is 0.0363. The SMILES string of the molecule is COC(=O)c1ccc(COC(=O)/C=C/c2cc(OC)c(OC)cc2OC)o1. The second-order valence-corrected chi connectivity index (χ2v) is 5.15. The molecule has 144 valence electrons. The molecule has 2 rings (SSSR count). The Hall–Kier alpha value is -3.42. The van der Waals surface area contributed by atoms with Gasteiger partial charge < -0.3 is 28.1 Å². The first-order valence-corrected chi connectivity index (χ1v) is 7.84. The van der Waals surface area contributed by atoms with Crippen LogP contribution in [0.1, 0.15) is 21.9 Å². The van der Waals surface area contributed by atoms with Crippen molar-refractivity contribution >= 4 is 18.0 Å². The molecule has 2 aromatic rings. The van der Waals surface area contributed by atoms with Crippen LogP contribution in [-0.4, -0.2) is 40.4 Å². The van der Waals surface area contributed by atoms with Crippen LogP contribution in [0.4, 0.5) is 0 Å². The minimum Gasteiger partial charge on any atom is -0.496 e. The Bertz CT molecular complexity index is 834. The van der Waals surface area contributed by atoms with Gasteiger partial charge in [-0.15, -0.1) is 0 Å². The van der Waals surface area contributed by atoms with Gasteiger partial charge in [0.15, 0.2) is 11.5 Å². The smallest absolute Gasteiger partial charge is 0.373 e. The Morgan fingerprint density at radius 2 is 1.63 bits per heavy atom. The van der Waals surface area contributed by atoms with Crippen LogP contribution in [0.25, 0.3) is 6.08 Å². The maximum Gasteiger partial charge on any atom is 0.373 e. The molecular formula is C19H20O8. The summed E-state index contributed by atoms with van der Waals surface area (Å²) in [5.74, 6) is 0.668. The second-order valence-electron chi connectivity index (χ2n) is 5.15. The molecule has 27 heavy (non-hydrogen) atoms. The molecule has 8 heteroatoms. The van der Waals surface area contributed by atoms with Crippen molar-refractivity contribution in [3.8, 4) is 17.2 Å². The monoisotopic (exact) mass is 376 g/mol. The molecule has 0 unspecified atom stereocenters. The normalized spacial score (nSPS) is 10.5. The summed E-state index contributed by atoms with van der Waals surface area (Å²) in [5, 5.41) is 0. The highest BCUT2D eigenvalue weighted by Crippen LogP contribution is 2.35. The number of hydrogen-bond donors (Lipinski definition) is 0. The highest BCUT2D eigenvalue weighted by atomic mass is 16.6. The highest BCUT2D eigenvalue weighted by molar-refractivity contribution is 5.88. The Kier molecular flexibility index (Phi) is 6.87. The average Bonchev–Trinajstić information content (AvgIpc) is 3.18.